The van der Waals surface area contributed by atoms with E-state index in [4.69, 9.17) is 10.5 Å². The molecule has 0 spiro atoms. The van der Waals surface area contributed by atoms with Gasteiger partial charge in [0.25, 0.3) is 0 Å². The number of nitrogens with two attached hydrogens (primary N) is 1. The summed E-state index contributed by atoms with van der Waals surface area (Å²) in [5.41, 5.74) is 6.46. The van der Waals surface area contributed by atoms with Gasteiger partial charge < -0.3 is 10.5 Å². The molecule has 0 amide bonds. The number of benzene rings is 1. The summed E-state index contributed by atoms with van der Waals surface area (Å²) in [5.74, 6) is 0.317. The van der Waals surface area contributed by atoms with E-state index in [1.807, 2.05) is 20.8 Å². The largest absolute Gasteiger partial charge is 0.490 e. The van der Waals surface area contributed by atoms with E-state index in [1.165, 1.54) is 6.07 Å². The normalized spacial score (nSPS) is 12.9. The Balaban J connectivity index is 2.92. The molecule has 0 bridgehead atoms. The Hall–Kier alpha value is -1.09. The molecule has 2 nitrogen and oxygen atoms in total. The molecular formula is C12H18FNO. The summed E-state index contributed by atoms with van der Waals surface area (Å²) in [7, 11) is 0. The lowest BCUT2D eigenvalue weighted by atomic mass is 10.1. The van der Waals surface area contributed by atoms with Gasteiger partial charge in [-0.15, -0.1) is 0 Å². The molecule has 3 heteroatoms. The van der Waals surface area contributed by atoms with Crippen LogP contribution in [-0.2, 0) is 0 Å². The number of ether oxygens (including phenoxy) is 1. The highest BCUT2D eigenvalue weighted by Crippen LogP contribution is 2.27. The second-order valence-electron chi connectivity index (χ2n) is 4.15. The van der Waals surface area contributed by atoms with Gasteiger partial charge in [0, 0.05) is 11.6 Å². The Labute approximate surface area is 90.2 Å². The first-order chi connectivity index (χ1) is 7.02. The van der Waals surface area contributed by atoms with E-state index in [1.54, 1.807) is 12.1 Å². The van der Waals surface area contributed by atoms with E-state index in [2.05, 4.69) is 0 Å². The molecule has 1 aromatic rings. The average molecular weight is 211 g/mol. The second-order valence-corrected chi connectivity index (χ2v) is 4.15. The van der Waals surface area contributed by atoms with Crippen molar-refractivity contribution in [3.05, 3.63) is 29.6 Å². The second kappa shape index (κ2) is 5.12. The van der Waals surface area contributed by atoms with Crippen molar-refractivity contribution < 1.29 is 9.13 Å². The maximum Gasteiger partial charge on any atom is 0.165 e. The Kier molecular flexibility index (Phi) is 4.09. The molecule has 1 atom stereocenters. The van der Waals surface area contributed by atoms with Crippen molar-refractivity contribution in [2.75, 3.05) is 6.61 Å². The molecule has 0 heterocycles. The molecule has 0 radical (unpaired) electrons. The predicted octanol–water partition coefficient (Wildman–Crippen LogP) is 2.88. The van der Waals surface area contributed by atoms with Gasteiger partial charge in [-0.1, -0.05) is 26.0 Å². The third kappa shape index (κ3) is 3.20. The van der Waals surface area contributed by atoms with E-state index >= 15 is 0 Å². The van der Waals surface area contributed by atoms with Crippen LogP contribution in [0.15, 0.2) is 18.2 Å². The van der Waals surface area contributed by atoms with Crippen LogP contribution in [0.5, 0.6) is 5.75 Å². The molecule has 84 valence electrons. The minimum atomic E-state index is -0.342. The summed E-state index contributed by atoms with van der Waals surface area (Å²) in [5, 5.41) is 0. The summed E-state index contributed by atoms with van der Waals surface area (Å²) < 4.78 is 18.9. The fraction of sp³-hybridized carbons (Fsp3) is 0.500. The zero-order valence-corrected chi connectivity index (χ0v) is 9.46. The quantitative estimate of drug-likeness (QED) is 0.831. The number of halogens is 1. The van der Waals surface area contributed by atoms with E-state index in [9.17, 15) is 4.39 Å². The van der Waals surface area contributed by atoms with Gasteiger partial charge in [-0.25, -0.2) is 4.39 Å². The highest BCUT2D eigenvalue weighted by molar-refractivity contribution is 5.36. The molecule has 0 saturated heterocycles. The first-order valence-electron chi connectivity index (χ1n) is 5.19. The summed E-state index contributed by atoms with van der Waals surface area (Å²) in [6, 6.07) is 4.61. The third-order valence-corrected chi connectivity index (χ3v) is 2.05. The topological polar surface area (TPSA) is 35.2 Å². The van der Waals surface area contributed by atoms with Gasteiger partial charge in [-0.2, -0.15) is 0 Å². The average Bonchev–Trinajstić information content (AvgIpc) is 2.15. The van der Waals surface area contributed by atoms with E-state index in [-0.39, 0.29) is 11.9 Å². The molecule has 0 fully saturated rings. The van der Waals surface area contributed by atoms with Crippen LogP contribution in [-0.4, -0.2) is 6.61 Å². The lowest BCUT2D eigenvalue weighted by Gasteiger charge is -2.15. The highest BCUT2D eigenvalue weighted by atomic mass is 19.1. The minimum Gasteiger partial charge on any atom is -0.490 e. The fourth-order valence-electron chi connectivity index (χ4n) is 1.29. The van der Waals surface area contributed by atoms with Gasteiger partial charge in [0.05, 0.1) is 6.61 Å². The van der Waals surface area contributed by atoms with Crippen molar-refractivity contribution in [1.82, 2.24) is 0 Å². The van der Waals surface area contributed by atoms with Crippen molar-refractivity contribution in [3.63, 3.8) is 0 Å². The molecule has 0 aliphatic carbocycles. The SMILES string of the molecule is CC(C)COc1c(F)cccc1C(C)N. The molecule has 1 rings (SSSR count). The molecule has 0 saturated carbocycles. The number of para-hydroxylation sites is 1. The van der Waals surface area contributed by atoms with Gasteiger partial charge in [-0.3, -0.25) is 0 Å². The van der Waals surface area contributed by atoms with Gasteiger partial charge in [0.15, 0.2) is 11.6 Å². The van der Waals surface area contributed by atoms with E-state index in [0.717, 1.165) is 5.56 Å². The van der Waals surface area contributed by atoms with Crippen molar-refractivity contribution in [2.45, 2.75) is 26.8 Å². The van der Waals surface area contributed by atoms with Gasteiger partial charge in [0.2, 0.25) is 0 Å². The van der Waals surface area contributed by atoms with E-state index in [0.29, 0.717) is 18.3 Å². The van der Waals surface area contributed by atoms with Gasteiger partial charge in [-0.05, 0) is 18.9 Å². The monoisotopic (exact) mass is 211 g/mol. The first kappa shape index (κ1) is 12.0. The summed E-state index contributed by atoms with van der Waals surface area (Å²) in [6.45, 7) is 6.36. The van der Waals surface area contributed by atoms with Crippen molar-refractivity contribution in [3.8, 4) is 5.75 Å². The molecular weight excluding hydrogens is 193 g/mol. The minimum absolute atomic E-state index is 0.220. The van der Waals surface area contributed by atoms with Crippen molar-refractivity contribution >= 4 is 0 Å². The van der Waals surface area contributed by atoms with E-state index < -0.39 is 0 Å². The molecule has 0 aromatic heterocycles. The fourth-order valence-corrected chi connectivity index (χ4v) is 1.29. The van der Waals surface area contributed by atoms with Gasteiger partial charge in [0.1, 0.15) is 0 Å². The predicted molar refractivity (Wildman–Crippen MR) is 59.3 cm³/mol. The molecule has 1 aromatic carbocycles. The zero-order valence-electron chi connectivity index (χ0n) is 9.46. The molecule has 2 N–H and O–H groups in total. The van der Waals surface area contributed by atoms with Crippen LogP contribution < -0.4 is 10.5 Å². The Morgan fingerprint density at radius 1 is 1.33 bits per heavy atom. The summed E-state index contributed by atoms with van der Waals surface area (Å²) in [4.78, 5) is 0. The Bertz CT molecular complexity index is 323. The van der Waals surface area contributed by atoms with Crippen molar-refractivity contribution in [1.29, 1.82) is 0 Å². The lowest BCUT2D eigenvalue weighted by molar-refractivity contribution is 0.255. The smallest absolute Gasteiger partial charge is 0.165 e. The summed E-state index contributed by atoms with van der Waals surface area (Å²) >= 11 is 0. The van der Waals surface area contributed by atoms with Crippen LogP contribution in [0, 0.1) is 11.7 Å². The number of hydrogen-bond acceptors (Lipinski definition) is 2. The highest BCUT2D eigenvalue weighted by Gasteiger charge is 2.13. The third-order valence-electron chi connectivity index (χ3n) is 2.05. The van der Waals surface area contributed by atoms with Crippen LogP contribution in [0.1, 0.15) is 32.4 Å². The molecule has 0 aliphatic heterocycles. The number of rotatable bonds is 4. The first-order valence-corrected chi connectivity index (χ1v) is 5.19. The zero-order chi connectivity index (χ0) is 11.4. The van der Waals surface area contributed by atoms with Crippen LogP contribution in [0.2, 0.25) is 0 Å². The molecule has 0 aliphatic rings. The Morgan fingerprint density at radius 3 is 2.53 bits per heavy atom. The van der Waals surface area contributed by atoms with Crippen LogP contribution >= 0.6 is 0 Å². The van der Waals surface area contributed by atoms with Gasteiger partial charge >= 0.3 is 0 Å². The molecule has 1 unspecified atom stereocenters. The molecule has 15 heavy (non-hydrogen) atoms. The maximum atomic E-state index is 13.5. The van der Waals surface area contributed by atoms with Crippen LogP contribution in [0.3, 0.4) is 0 Å². The van der Waals surface area contributed by atoms with Crippen molar-refractivity contribution in [2.24, 2.45) is 11.7 Å². The Morgan fingerprint density at radius 2 is 2.00 bits per heavy atom. The summed E-state index contributed by atoms with van der Waals surface area (Å²) in [6.07, 6.45) is 0. The standard InChI is InChI=1S/C12H18FNO/c1-8(2)7-15-12-10(9(3)14)5-4-6-11(12)13/h4-6,8-9H,7,14H2,1-3H3. The maximum absolute atomic E-state index is 13.5. The lowest BCUT2D eigenvalue weighted by Crippen LogP contribution is -2.12. The van der Waals surface area contributed by atoms with Crippen LogP contribution in [0.4, 0.5) is 4.39 Å². The van der Waals surface area contributed by atoms with Crippen LogP contribution in [0.25, 0.3) is 0 Å². The number of hydrogen-bond donors (Lipinski definition) is 1.